The van der Waals surface area contributed by atoms with Gasteiger partial charge in [-0.1, -0.05) is 13.0 Å². The molecule has 1 heterocycles. The molecular formula is C13H23NO3. The Morgan fingerprint density at radius 1 is 1.59 bits per heavy atom. The van der Waals surface area contributed by atoms with Crippen LogP contribution in [0.5, 0.6) is 0 Å². The molecule has 0 bridgehead atoms. The van der Waals surface area contributed by atoms with Gasteiger partial charge in [0.15, 0.2) is 0 Å². The zero-order valence-electron chi connectivity index (χ0n) is 10.8. The topological polar surface area (TPSA) is 47.6 Å². The highest BCUT2D eigenvalue weighted by Gasteiger charge is 2.14. The highest BCUT2D eigenvalue weighted by molar-refractivity contribution is 5.88. The summed E-state index contributed by atoms with van der Waals surface area (Å²) in [5, 5.41) is 3.32. The summed E-state index contributed by atoms with van der Waals surface area (Å²) in [5.41, 5.74) is 0.740. The zero-order valence-corrected chi connectivity index (χ0v) is 10.8. The number of ether oxygens (including phenoxy) is 2. The molecular weight excluding hydrogens is 218 g/mol. The summed E-state index contributed by atoms with van der Waals surface area (Å²) in [6.07, 6.45) is 4.95. The number of rotatable bonds is 7. The van der Waals surface area contributed by atoms with E-state index >= 15 is 0 Å². The van der Waals surface area contributed by atoms with Crippen LogP contribution in [0.15, 0.2) is 11.6 Å². The second-order valence-electron chi connectivity index (χ2n) is 4.30. The van der Waals surface area contributed by atoms with Crippen molar-refractivity contribution in [3.8, 4) is 0 Å². The molecule has 1 rings (SSSR count). The van der Waals surface area contributed by atoms with Crippen LogP contribution < -0.4 is 5.32 Å². The highest BCUT2D eigenvalue weighted by atomic mass is 16.5. The molecule has 0 aromatic rings. The van der Waals surface area contributed by atoms with Gasteiger partial charge in [-0.3, -0.25) is 0 Å². The number of nitrogens with one attached hydrogen (secondary N) is 1. The predicted molar refractivity (Wildman–Crippen MR) is 66.8 cm³/mol. The van der Waals surface area contributed by atoms with E-state index in [1.807, 2.05) is 13.0 Å². The molecule has 1 fully saturated rings. The van der Waals surface area contributed by atoms with E-state index in [2.05, 4.69) is 5.32 Å². The Labute approximate surface area is 103 Å². The lowest BCUT2D eigenvalue weighted by Gasteiger charge is -2.07. The van der Waals surface area contributed by atoms with Crippen molar-refractivity contribution >= 4 is 5.97 Å². The monoisotopic (exact) mass is 241 g/mol. The van der Waals surface area contributed by atoms with Crippen LogP contribution in [0.1, 0.15) is 26.2 Å². The van der Waals surface area contributed by atoms with E-state index in [1.165, 1.54) is 13.5 Å². The van der Waals surface area contributed by atoms with Gasteiger partial charge in [0.2, 0.25) is 0 Å². The highest BCUT2D eigenvalue weighted by Crippen LogP contribution is 2.15. The molecule has 0 aliphatic carbocycles. The zero-order chi connectivity index (χ0) is 12.5. The van der Waals surface area contributed by atoms with Crippen molar-refractivity contribution in [1.29, 1.82) is 0 Å². The van der Waals surface area contributed by atoms with Crippen molar-refractivity contribution in [3.05, 3.63) is 11.6 Å². The minimum atomic E-state index is -0.224. The lowest BCUT2D eigenvalue weighted by Crippen LogP contribution is -2.19. The van der Waals surface area contributed by atoms with Crippen LogP contribution >= 0.6 is 0 Å². The Bertz CT molecular complexity index is 257. The summed E-state index contributed by atoms with van der Waals surface area (Å²) >= 11 is 0. The third-order valence-corrected chi connectivity index (χ3v) is 3.07. The van der Waals surface area contributed by atoms with Crippen molar-refractivity contribution in [2.24, 2.45) is 5.92 Å². The SMILES string of the molecule is CCC(=CCNCCC1CCOC1)C(=O)OC. The Morgan fingerprint density at radius 3 is 3.00 bits per heavy atom. The summed E-state index contributed by atoms with van der Waals surface area (Å²) in [5.74, 6) is 0.483. The minimum absolute atomic E-state index is 0.224. The fraction of sp³-hybridized carbons (Fsp3) is 0.769. The van der Waals surface area contributed by atoms with E-state index in [1.54, 1.807) is 0 Å². The van der Waals surface area contributed by atoms with Crippen LogP contribution in [0, 0.1) is 5.92 Å². The van der Waals surface area contributed by atoms with Gasteiger partial charge in [0.05, 0.1) is 7.11 Å². The second-order valence-corrected chi connectivity index (χ2v) is 4.30. The third kappa shape index (κ3) is 5.33. The first-order chi connectivity index (χ1) is 8.27. The molecule has 4 heteroatoms. The first-order valence-corrected chi connectivity index (χ1v) is 6.33. The molecule has 1 N–H and O–H groups in total. The second kappa shape index (κ2) is 8.25. The van der Waals surface area contributed by atoms with E-state index in [4.69, 9.17) is 9.47 Å². The lowest BCUT2D eigenvalue weighted by molar-refractivity contribution is -0.136. The first-order valence-electron chi connectivity index (χ1n) is 6.33. The van der Waals surface area contributed by atoms with Crippen LogP contribution in [0.25, 0.3) is 0 Å². The largest absolute Gasteiger partial charge is 0.466 e. The molecule has 1 aliphatic heterocycles. The van der Waals surface area contributed by atoms with Crippen LogP contribution in [-0.4, -0.2) is 39.4 Å². The summed E-state index contributed by atoms with van der Waals surface area (Å²) in [6.45, 7) is 5.47. The maximum Gasteiger partial charge on any atom is 0.333 e. The van der Waals surface area contributed by atoms with E-state index in [0.717, 1.165) is 38.3 Å². The number of methoxy groups -OCH3 is 1. The molecule has 1 unspecified atom stereocenters. The van der Waals surface area contributed by atoms with Gasteiger partial charge in [0.1, 0.15) is 0 Å². The van der Waals surface area contributed by atoms with Crippen molar-refractivity contribution in [3.63, 3.8) is 0 Å². The molecule has 1 aliphatic rings. The van der Waals surface area contributed by atoms with E-state index in [9.17, 15) is 4.79 Å². The van der Waals surface area contributed by atoms with Crippen molar-refractivity contribution in [1.82, 2.24) is 5.32 Å². The number of hydrogen-bond acceptors (Lipinski definition) is 4. The molecule has 0 spiro atoms. The van der Waals surface area contributed by atoms with Crippen LogP contribution in [0.2, 0.25) is 0 Å². The van der Waals surface area contributed by atoms with Crippen molar-refractivity contribution in [2.75, 3.05) is 33.4 Å². The van der Waals surface area contributed by atoms with Crippen molar-refractivity contribution in [2.45, 2.75) is 26.2 Å². The standard InChI is InChI=1S/C13H23NO3/c1-3-12(13(15)16-2)5-8-14-7-4-11-6-9-17-10-11/h5,11,14H,3-4,6-10H2,1-2H3. The minimum Gasteiger partial charge on any atom is -0.466 e. The van der Waals surface area contributed by atoms with Gasteiger partial charge >= 0.3 is 5.97 Å². The smallest absolute Gasteiger partial charge is 0.333 e. The average molecular weight is 241 g/mol. The Hall–Kier alpha value is -0.870. The van der Waals surface area contributed by atoms with E-state index in [0.29, 0.717) is 12.3 Å². The van der Waals surface area contributed by atoms with Gasteiger partial charge in [-0.2, -0.15) is 0 Å². The maximum atomic E-state index is 11.3. The number of carbonyl (C=O) groups excluding carboxylic acids is 1. The maximum absolute atomic E-state index is 11.3. The van der Waals surface area contributed by atoms with Gasteiger partial charge in [-0.25, -0.2) is 4.79 Å². The van der Waals surface area contributed by atoms with Crippen molar-refractivity contribution < 1.29 is 14.3 Å². The van der Waals surface area contributed by atoms with Crippen LogP contribution in [0.3, 0.4) is 0 Å². The summed E-state index contributed by atoms with van der Waals surface area (Å²) in [4.78, 5) is 11.3. The molecule has 0 radical (unpaired) electrons. The van der Waals surface area contributed by atoms with Gasteiger partial charge in [0.25, 0.3) is 0 Å². The number of hydrogen-bond donors (Lipinski definition) is 1. The van der Waals surface area contributed by atoms with Crippen LogP contribution in [-0.2, 0) is 14.3 Å². The molecule has 0 amide bonds. The summed E-state index contributed by atoms with van der Waals surface area (Å²) in [6, 6.07) is 0. The quantitative estimate of drug-likeness (QED) is 0.417. The molecule has 17 heavy (non-hydrogen) atoms. The summed E-state index contributed by atoms with van der Waals surface area (Å²) < 4.78 is 10.0. The molecule has 98 valence electrons. The third-order valence-electron chi connectivity index (χ3n) is 3.07. The average Bonchev–Trinajstić information content (AvgIpc) is 2.86. The lowest BCUT2D eigenvalue weighted by atomic mass is 10.1. The molecule has 0 aromatic carbocycles. The van der Waals surface area contributed by atoms with Crippen LogP contribution in [0.4, 0.5) is 0 Å². The number of esters is 1. The molecule has 0 saturated carbocycles. The number of carbonyl (C=O) groups is 1. The predicted octanol–water partition coefficient (Wildman–Crippen LogP) is 1.51. The fourth-order valence-corrected chi connectivity index (χ4v) is 1.92. The molecule has 1 saturated heterocycles. The summed E-state index contributed by atoms with van der Waals surface area (Å²) in [7, 11) is 1.42. The van der Waals surface area contributed by atoms with Gasteiger partial charge in [0, 0.05) is 25.3 Å². The molecule has 0 aromatic heterocycles. The molecule has 1 atom stereocenters. The fourth-order valence-electron chi connectivity index (χ4n) is 1.92. The van der Waals surface area contributed by atoms with Gasteiger partial charge in [-0.05, 0) is 31.7 Å². The Balaban J connectivity index is 2.12. The Morgan fingerprint density at radius 2 is 2.41 bits per heavy atom. The van der Waals surface area contributed by atoms with E-state index < -0.39 is 0 Å². The van der Waals surface area contributed by atoms with E-state index in [-0.39, 0.29) is 5.97 Å². The normalized spacial score (nSPS) is 20.6. The first kappa shape index (κ1) is 14.2. The van der Waals surface area contributed by atoms with Gasteiger partial charge < -0.3 is 14.8 Å². The molecule has 4 nitrogen and oxygen atoms in total. The Kier molecular flexibility index (Phi) is 6.89. The van der Waals surface area contributed by atoms with Gasteiger partial charge in [-0.15, -0.1) is 0 Å².